The van der Waals surface area contributed by atoms with Gasteiger partial charge in [-0.2, -0.15) is 0 Å². The molecule has 3 nitrogen and oxygen atoms in total. The van der Waals surface area contributed by atoms with Crippen molar-refractivity contribution in [3.05, 3.63) is 23.9 Å². The van der Waals surface area contributed by atoms with Crippen molar-refractivity contribution >= 4 is 5.82 Å². The third kappa shape index (κ3) is 2.92. The van der Waals surface area contributed by atoms with Crippen LogP contribution in [0.15, 0.2) is 18.3 Å². The molecule has 1 saturated carbocycles. The topological polar surface area (TPSA) is 28.2 Å². The average molecular weight is 259 g/mol. The van der Waals surface area contributed by atoms with E-state index in [1.165, 1.54) is 37.7 Å². The lowest BCUT2D eigenvalue weighted by atomic mass is 10.1. The van der Waals surface area contributed by atoms with E-state index in [-0.39, 0.29) is 0 Å². The van der Waals surface area contributed by atoms with Gasteiger partial charge >= 0.3 is 0 Å². The maximum Gasteiger partial charge on any atom is 0.128 e. The van der Waals surface area contributed by atoms with Crippen LogP contribution in [0.5, 0.6) is 0 Å². The monoisotopic (exact) mass is 259 g/mol. The minimum absolute atomic E-state index is 0.632. The molecular formula is C16H25N3. The lowest BCUT2D eigenvalue weighted by Gasteiger charge is -2.29. The Morgan fingerprint density at radius 3 is 2.74 bits per heavy atom. The van der Waals surface area contributed by atoms with E-state index in [1.54, 1.807) is 0 Å². The van der Waals surface area contributed by atoms with Gasteiger partial charge in [-0.1, -0.05) is 13.0 Å². The van der Waals surface area contributed by atoms with Crippen LogP contribution in [0.2, 0.25) is 0 Å². The molecular weight excluding hydrogens is 234 g/mol. The summed E-state index contributed by atoms with van der Waals surface area (Å²) in [6, 6.07) is 6.51. The predicted molar refractivity (Wildman–Crippen MR) is 79.4 cm³/mol. The van der Waals surface area contributed by atoms with Crippen molar-refractivity contribution in [2.24, 2.45) is 0 Å². The lowest BCUT2D eigenvalue weighted by molar-refractivity contribution is 0.620. The van der Waals surface area contributed by atoms with Crippen molar-refractivity contribution < 1.29 is 0 Å². The molecule has 0 aromatic carbocycles. The normalized spacial score (nSPS) is 26.9. The maximum absolute atomic E-state index is 4.69. The molecule has 3 heteroatoms. The molecule has 2 heterocycles. The van der Waals surface area contributed by atoms with Crippen LogP contribution < -0.4 is 10.2 Å². The molecule has 2 fully saturated rings. The van der Waals surface area contributed by atoms with Crippen molar-refractivity contribution in [1.82, 2.24) is 10.3 Å². The molecule has 0 spiro atoms. The van der Waals surface area contributed by atoms with Crippen molar-refractivity contribution in [2.45, 2.75) is 70.6 Å². The zero-order valence-electron chi connectivity index (χ0n) is 12.1. The Kier molecular flexibility index (Phi) is 3.74. The van der Waals surface area contributed by atoms with E-state index in [2.05, 4.69) is 36.2 Å². The summed E-state index contributed by atoms with van der Waals surface area (Å²) in [5.74, 6) is 1.16. The van der Waals surface area contributed by atoms with Crippen LogP contribution in [0.25, 0.3) is 0 Å². The first kappa shape index (κ1) is 12.9. The molecule has 3 rings (SSSR count). The predicted octanol–water partition coefficient (Wildman–Crippen LogP) is 3.10. The number of rotatable bonds is 5. The van der Waals surface area contributed by atoms with E-state index in [9.17, 15) is 0 Å². The van der Waals surface area contributed by atoms with E-state index in [0.717, 1.165) is 18.4 Å². The molecule has 2 unspecified atom stereocenters. The van der Waals surface area contributed by atoms with Crippen LogP contribution in [-0.4, -0.2) is 23.1 Å². The number of anilines is 1. The summed E-state index contributed by atoms with van der Waals surface area (Å²) in [7, 11) is 0. The Balaban J connectivity index is 1.66. The molecule has 19 heavy (non-hydrogen) atoms. The number of hydrogen-bond acceptors (Lipinski definition) is 3. The summed E-state index contributed by atoms with van der Waals surface area (Å²) in [6.07, 6.45) is 8.55. The fourth-order valence-corrected chi connectivity index (χ4v) is 3.11. The number of hydrogen-bond donors (Lipinski definition) is 1. The summed E-state index contributed by atoms with van der Waals surface area (Å²) in [6.45, 7) is 5.56. The van der Waals surface area contributed by atoms with Gasteiger partial charge in [0.1, 0.15) is 5.82 Å². The Morgan fingerprint density at radius 2 is 2.11 bits per heavy atom. The first-order valence-electron chi connectivity index (χ1n) is 7.74. The molecule has 1 aliphatic carbocycles. The van der Waals surface area contributed by atoms with Gasteiger partial charge in [-0.3, -0.25) is 0 Å². The Morgan fingerprint density at radius 1 is 1.26 bits per heavy atom. The van der Waals surface area contributed by atoms with E-state index in [0.29, 0.717) is 12.1 Å². The van der Waals surface area contributed by atoms with Gasteiger partial charge in [0.25, 0.3) is 0 Å². The highest BCUT2D eigenvalue weighted by atomic mass is 15.3. The molecule has 0 radical (unpaired) electrons. The smallest absolute Gasteiger partial charge is 0.128 e. The largest absolute Gasteiger partial charge is 0.351 e. The Bertz CT molecular complexity index is 411. The summed E-state index contributed by atoms with van der Waals surface area (Å²) in [5, 5.41) is 3.54. The van der Waals surface area contributed by atoms with Gasteiger partial charge in [-0.05, 0) is 50.7 Å². The summed E-state index contributed by atoms with van der Waals surface area (Å²) >= 11 is 0. The molecule has 2 aliphatic rings. The number of nitrogens with zero attached hydrogens (tertiary/aromatic N) is 2. The van der Waals surface area contributed by atoms with Gasteiger partial charge in [0.15, 0.2) is 0 Å². The zero-order chi connectivity index (χ0) is 13.2. The second kappa shape index (κ2) is 5.49. The minimum atomic E-state index is 0.632. The highest BCUT2D eigenvalue weighted by molar-refractivity contribution is 5.43. The number of pyridine rings is 1. The average Bonchev–Trinajstić information content (AvgIpc) is 3.19. The van der Waals surface area contributed by atoms with Crippen LogP contribution in [0, 0.1) is 0 Å². The third-order valence-corrected chi connectivity index (χ3v) is 4.50. The van der Waals surface area contributed by atoms with E-state index < -0.39 is 0 Å². The fraction of sp³-hybridized carbons (Fsp3) is 0.688. The molecule has 104 valence electrons. The number of aromatic nitrogens is 1. The number of nitrogens with one attached hydrogen (secondary N) is 1. The molecule has 1 saturated heterocycles. The van der Waals surface area contributed by atoms with E-state index in [1.807, 2.05) is 6.20 Å². The van der Waals surface area contributed by atoms with Gasteiger partial charge in [-0.15, -0.1) is 0 Å². The summed E-state index contributed by atoms with van der Waals surface area (Å²) in [5.41, 5.74) is 1.30. The van der Waals surface area contributed by atoms with Gasteiger partial charge in [0, 0.05) is 30.9 Å². The van der Waals surface area contributed by atoms with Crippen molar-refractivity contribution in [1.29, 1.82) is 0 Å². The summed E-state index contributed by atoms with van der Waals surface area (Å²) < 4.78 is 0. The van der Waals surface area contributed by atoms with Gasteiger partial charge < -0.3 is 10.2 Å². The lowest BCUT2D eigenvalue weighted by Crippen LogP contribution is -2.34. The van der Waals surface area contributed by atoms with Crippen molar-refractivity contribution in [3.8, 4) is 0 Å². The Hall–Kier alpha value is -1.09. The SMILES string of the molecule is CCC1CCC(C)N1c1ccc(CNC2CC2)cn1. The molecule has 1 aromatic rings. The fourth-order valence-electron chi connectivity index (χ4n) is 3.11. The van der Waals surface area contributed by atoms with Gasteiger partial charge in [0.2, 0.25) is 0 Å². The Labute approximate surface area is 116 Å². The van der Waals surface area contributed by atoms with Crippen LogP contribution in [0.3, 0.4) is 0 Å². The highest BCUT2D eigenvalue weighted by Gasteiger charge is 2.30. The molecule has 0 amide bonds. The van der Waals surface area contributed by atoms with Crippen LogP contribution >= 0.6 is 0 Å². The second-order valence-electron chi connectivity index (χ2n) is 6.08. The van der Waals surface area contributed by atoms with Crippen LogP contribution in [0.4, 0.5) is 5.82 Å². The maximum atomic E-state index is 4.69. The van der Waals surface area contributed by atoms with Crippen molar-refractivity contribution in [3.63, 3.8) is 0 Å². The molecule has 1 aromatic heterocycles. The minimum Gasteiger partial charge on any atom is -0.351 e. The second-order valence-corrected chi connectivity index (χ2v) is 6.08. The van der Waals surface area contributed by atoms with Crippen molar-refractivity contribution in [2.75, 3.05) is 4.90 Å². The van der Waals surface area contributed by atoms with Gasteiger partial charge in [0.05, 0.1) is 0 Å². The van der Waals surface area contributed by atoms with Crippen LogP contribution in [-0.2, 0) is 6.54 Å². The highest BCUT2D eigenvalue weighted by Crippen LogP contribution is 2.30. The first-order valence-corrected chi connectivity index (χ1v) is 7.74. The van der Waals surface area contributed by atoms with E-state index >= 15 is 0 Å². The standard InChI is InChI=1S/C16H25N3/c1-3-15-8-4-12(2)19(15)16-9-5-13(11-18-16)10-17-14-6-7-14/h5,9,11-12,14-15,17H,3-4,6-8,10H2,1-2H3. The molecule has 1 N–H and O–H groups in total. The third-order valence-electron chi connectivity index (χ3n) is 4.50. The molecule has 2 atom stereocenters. The quantitative estimate of drug-likeness (QED) is 0.880. The first-order chi connectivity index (χ1) is 9.28. The molecule has 0 bridgehead atoms. The van der Waals surface area contributed by atoms with Crippen LogP contribution in [0.1, 0.15) is 51.5 Å². The zero-order valence-corrected chi connectivity index (χ0v) is 12.1. The van der Waals surface area contributed by atoms with E-state index in [4.69, 9.17) is 4.98 Å². The van der Waals surface area contributed by atoms with Gasteiger partial charge in [-0.25, -0.2) is 4.98 Å². The molecule has 1 aliphatic heterocycles. The summed E-state index contributed by atoms with van der Waals surface area (Å²) in [4.78, 5) is 7.21.